The van der Waals surface area contributed by atoms with Crippen LogP contribution in [0.1, 0.15) is 0 Å². The predicted octanol–water partition coefficient (Wildman–Crippen LogP) is 1.76. The molecule has 0 heterocycles. The molecule has 0 spiro atoms. The van der Waals surface area contributed by atoms with E-state index in [2.05, 4.69) is 15.9 Å². The average molecular weight is 253 g/mol. The lowest BCUT2D eigenvalue weighted by atomic mass is 10.3. The van der Waals surface area contributed by atoms with Gasteiger partial charge in [-0.25, -0.2) is 0 Å². The quantitative estimate of drug-likeness (QED) is 0.613. The van der Waals surface area contributed by atoms with Crippen molar-refractivity contribution < 1.29 is 21.6 Å². The van der Waals surface area contributed by atoms with Crippen LogP contribution in [0.4, 0.5) is 5.69 Å². The summed E-state index contributed by atoms with van der Waals surface area (Å²) < 4.78 is 0.238. The van der Waals surface area contributed by atoms with Crippen molar-refractivity contribution >= 4 is 21.6 Å². The monoisotopic (exact) mass is 252 g/mol. The van der Waals surface area contributed by atoms with Crippen molar-refractivity contribution in [1.29, 1.82) is 0 Å². The molecule has 0 aliphatic rings. The Kier molecular flexibility index (Phi) is 2.54. The van der Waals surface area contributed by atoms with Gasteiger partial charge < -0.3 is 5.11 Å². The van der Waals surface area contributed by atoms with E-state index in [1.165, 1.54) is 6.07 Å². The number of hydrogen-bond acceptors (Lipinski definition) is 3. The number of nitrogens with zero attached hydrogens (tertiary/aromatic N) is 1. The van der Waals surface area contributed by atoms with Crippen molar-refractivity contribution in [3.8, 4) is 5.75 Å². The van der Waals surface area contributed by atoms with Gasteiger partial charge in [0.2, 0.25) is 10.8 Å². The van der Waals surface area contributed by atoms with E-state index < -0.39 is 10.7 Å². The molecule has 12 heavy (non-hydrogen) atoms. The number of nitro benzene ring substituents is 1. The number of phenols is 1. The Morgan fingerprint density at radius 1 is 1.58 bits per heavy atom. The van der Waals surface area contributed by atoms with Gasteiger partial charge in [0.15, 0.2) is 11.6 Å². The molecule has 1 rings (SSSR count). The van der Waals surface area contributed by atoms with Crippen molar-refractivity contribution in [2.24, 2.45) is 0 Å². The van der Waals surface area contributed by atoms with E-state index in [-0.39, 0.29) is 10.2 Å². The van der Waals surface area contributed by atoms with Gasteiger partial charge in [-0.15, -0.1) is 0 Å². The number of nitro groups is 1. The Morgan fingerprint density at radius 3 is 2.67 bits per heavy atom. The smallest absolute Gasteiger partial charge is 0.317 e. The molecule has 1 N–H and O–H groups in total. The Hall–Kier alpha value is -0.810. The molecule has 1 aromatic carbocycles. The van der Waals surface area contributed by atoms with Crippen LogP contribution in [0.25, 0.3) is 0 Å². The molecule has 0 fully saturated rings. The lowest BCUT2D eigenvalue weighted by Crippen LogP contribution is -1.89. The normalized spacial score (nSPS) is 9.83. The maximum Gasteiger partial charge on any atom is 0.317 e. The minimum absolute atomic E-state index is 0.238. The molecule has 0 radical (unpaired) electrons. The van der Waals surface area contributed by atoms with Gasteiger partial charge in [0.1, 0.15) is 0 Å². The minimum atomic E-state index is -0.685. The number of hydrogen-bond donors (Lipinski definition) is 1. The fourth-order valence-electron chi connectivity index (χ4n) is 0.700. The van der Waals surface area contributed by atoms with Crippen LogP contribution < -0.4 is 0 Å². The van der Waals surface area contributed by atoms with Gasteiger partial charge in [-0.3, -0.25) is 10.1 Å². The molecule has 0 saturated heterocycles. The van der Waals surface area contributed by atoms with Crippen LogP contribution in [0.15, 0.2) is 16.6 Å². The summed E-state index contributed by atoms with van der Waals surface area (Å²) in [6, 6.07) is 2.56. The first-order valence-electron chi connectivity index (χ1n) is 2.86. The molecular formula is C6H4BrClNO3+. The third kappa shape index (κ3) is 1.67. The number of phenolic OH excluding ortho intramolecular Hbond substituents is 1. The highest BCUT2D eigenvalue weighted by atomic mass is 79.9. The van der Waals surface area contributed by atoms with Crippen LogP contribution in [-0.2, 0) is 0 Å². The highest BCUT2D eigenvalue weighted by Gasteiger charge is 2.19. The first kappa shape index (κ1) is 9.28. The van der Waals surface area contributed by atoms with Crippen molar-refractivity contribution in [2.75, 3.05) is 0 Å². The van der Waals surface area contributed by atoms with Crippen LogP contribution >= 0.6 is 15.9 Å². The molecule has 0 aliphatic heterocycles. The van der Waals surface area contributed by atoms with Gasteiger partial charge in [0.25, 0.3) is 0 Å². The van der Waals surface area contributed by atoms with Gasteiger partial charge in [-0.2, -0.15) is 0 Å². The lowest BCUT2D eigenvalue weighted by Gasteiger charge is -1.95. The largest absolute Gasteiger partial charge is 0.501 e. The molecule has 0 aliphatic carbocycles. The Labute approximate surface area is 81.0 Å². The molecule has 0 bridgehead atoms. The maximum atomic E-state index is 10.3. The fraction of sp³-hybridized carbons (Fsp3) is 0. The highest BCUT2D eigenvalue weighted by Crippen LogP contribution is 2.34. The second kappa shape index (κ2) is 3.28. The van der Waals surface area contributed by atoms with E-state index in [1.807, 2.05) is 0 Å². The number of benzene rings is 1. The van der Waals surface area contributed by atoms with Gasteiger partial charge in [-0.1, -0.05) is 0 Å². The first-order chi connectivity index (χ1) is 5.52. The van der Waals surface area contributed by atoms with Crippen molar-refractivity contribution in [1.82, 2.24) is 0 Å². The zero-order valence-corrected chi connectivity index (χ0v) is 8.05. The highest BCUT2D eigenvalue weighted by molar-refractivity contribution is 9.10. The fourth-order valence-corrected chi connectivity index (χ4v) is 1.53. The maximum absolute atomic E-state index is 10.3. The average Bonchev–Trinajstić information content (AvgIpc) is 1.96. The molecule has 0 unspecified atom stereocenters. The van der Waals surface area contributed by atoms with Crippen LogP contribution in [0.3, 0.4) is 0 Å². The van der Waals surface area contributed by atoms with Gasteiger partial charge in [0.05, 0.1) is 15.5 Å². The number of halogens is 2. The Bertz CT molecular complexity index is 342. The van der Waals surface area contributed by atoms with Crippen molar-refractivity contribution in [2.45, 2.75) is 0 Å². The van der Waals surface area contributed by atoms with Crippen LogP contribution in [0.2, 0.25) is 5.02 Å². The molecule has 6 heteroatoms. The molecule has 0 atom stereocenters. The standard InChI is InChI=1S/C6H3BrClNO3/c7-4-1-3(8)2-5(6(4)10)9(11)12/h1-2,8H/p+1. The summed E-state index contributed by atoms with van der Waals surface area (Å²) in [7, 11) is 0. The lowest BCUT2D eigenvalue weighted by molar-refractivity contribution is -0.387. The number of rotatable bonds is 1. The summed E-state index contributed by atoms with van der Waals surface area (Å²) in [5, 5.41) is 19.8. The molecule has 0 amide bonds. The molecule has 1 aromatic rings. The summed E-state index contributed by atoms with van der Waals surface area (Å²) in [6.45, 7) is 0. The molecule has 4 nitrogen and oxygen atoms in total. The van der Waals surface area contributed by atoms with Gasteiger partial charge >= 0.3 is 5.69 Å². The van der Waals surface area contributed by atoms with Crippen molar-refractivity contribution in [3.05, 3.63) is 31.7 Å². The topological polar surface area (TPSA) is 63.4 Å². The summed E-state index contributed by atoms with van der Waals surface area (Å²) in [5.41, 5.74) is -0.380. The van der Waals surface area contributed by atoms with Crippen molar-refractivity contribution in [3.63, 3.8) is 0 Å². The third-order valence-electron chi connectivity index (χ3n) is 1.21. The second-order valence-electron chi connectivity index (χ2n) is 2.03. The van der Waals surface area contributed by atoms with E-state index in [9.17, 15) is 10.1 Å². The van der Waals surface area contributed by atoms with E-state index in [0.717, 1.165) is 6.07 Å². The molecular weight excluding hydrogens is 249 g/mol. The Morgan fingerprint density at radius 2 is 2.17 bits per heavy atom. The van der Waals surface area contributed by atoms with Crippen LogP contribution in [-0.4, -0.2) is 10.0 Å². The summed E-state index contributed by atoms with van der Waals surface area (Å²) >= 11 is 7.66. The van der Waals surface area contributed by atoms with Crippen LogP contribution in [0, 0.1) is 21.7 Å². The van der Waals surface area contributed by atoms with Gasteiger partial charge in [-0.05, 0) is 15.9 Å². The second-order valence-corrected chi connectivity index (χ2v) is 3.36. The van der Waals surface area contributed by atoms with E-state index in [4.69, 9.17) is 16.7 Å². The van der Waals surface area contributed by atoms with E-state index in [0.29, 0.717) is 5.02 Å². The molecule has 64 valence electrons. The summed E-state index contributed by atoms with van der Waals surface area (Å²) in [4.78, 5) is 9.62. The molecule has 0 saturated carbocycles. The number of aromatic hydroxyl groups is 1. The zero-order valence-electron chi connectivity index (χ0n) is 5.65. The van der Waals surface area contributed by atoms with Crippen LogP contribution in [0.5, 0.6) is 5.75 Å². The van der Waals surface area contributed by atoms with Gasteiger partial charge in [0, 0.05) is 6.07 Å². The zero-order chi connectivity index (χ0) is 9.30. The SMILES string of the molecule is O=[N+]([O-])c1cc([ClH+])cc(Br)c1O. The van der Waals surface area contributed by atoms with E-state index in [1.54, 1.807) is 0 Å². The molecule has 0 aromatic heterocycles. The first-order valence-corrected chi connectivity index (χ1v) is 4.06. The van der Waals surface area contributed by atoms with E-state index >= 15 is 0 Å². The third-order valence-corrected chi connectivity index (χ3v) is 2.05. The predicted molar refractivity (Wildman–Crippen MR) is 43.0 cm³/mol. The Balaban J connectivity index is 3.37. The summed E-state index contributed by atoms with van der Waals surface area (Å²) in [6.07, 6.45) is 0. The minimum Gasteiger partial charge on any atom is -0.501 e. The summed E-state index contributed by atoms with van der Waals surface area (Å²) in [5.74, 6) is -0.395.